The Labute approximate surface area is 105 Å². The first-order valence-corrected chi connectivity index (χ1v) is 5.78. The molecular formula is C12H14ClNO3. The predicted octanol–water partition coefficient (Wildman–Crippen LogP) is 1.74. The number of carboxylic acids is 1. The topological polar surface area (TPSA) is 58.6 Å². The molecule has 1 fully saturated rings. The Balaban J connectivity index is 2.36. The van der Waals surface area contributed by atoms with E-state index in [9.17, 15) is 4.79 Å². The summed E-state index contributed by atoms with van der Waals surface area (Å²) in [7, 11) is 1.56. The van der Waals surface area contributed by atoms with E-state index in [1.165, 1.54) is 0 Å². The molecule has 1 aromatic carbocycles. The lowest BCUT2D eigenvalue weighted by molar-refractivity contribution is -0.141. The minimum atomic E-state index is -0.781. The second-order valence-corrected chi connectivity index (χ2v) is 4.53. The van der Waals surface area contributed by atoms with Gasteiger partial charge in [-0.2, -0.15) is 0 Å². The van der Waals surface area contributed by atoms with Gasteiger partial charge in [-0.05, 0) is 17.7 Å². The summed E-state index contributed by atoms with van der Waals surface area (Å²) in [4.78, 5) is 11.1. The predicted molar refractivity (Wildman–Crippen MR) is 64.7 cm³/mol. The van der Waals surface area contributed by atoms with Gasteiger partial charge in [0, 0.05) is 24.0 Å². The summed E-state index contributed by atoms with van der Waals surface area (Å²) < 4.78 is 5.26. The van der Waals surface area contributed by atoms with Crippen molar-refractivity contribution in [2.45, 2.75) is 5.92 Å². The van der Waals surface area contributed by atoms with E-state index in [0.717, 1.165) is 5.56 Å². The van der Waals surface area contributed by atoms with Crippen LogP contribution in [0.3, 0.4) is 0 Å². The molecule has 1 aliphatic rings. The van der Waals surface area contributed by atoms with Crippen molar-refractivity contribution in [2.75, 3.05) is 20.2 Å². The van der Waals surface area contributed by atoms with Gasteiger partial charge in [-0.25, -0.2) is 0 Å². The van der Waals surface area contributed by atoms with Crippen molar-refractivity contribution in [3.8, 4) is 5.75 Å². The number of methoxy groups -OCH3 is 1. The number of benzene rings is 1. The van der Waals surface area contributed by atoms with E-state index in [-0.39, 0.29) is 5.92 Å². The molecule has 0 aliphatic carbocycles. The molecule has 2 rings (SSSR count). The number of hydrogen-bond donors (Lipinski definition) is 2. The van der Waals surface area contributed by atoms with Gasteiger partial charge < -0.3 is 15.2 Å². The zero-order chi connectivity index (χ0) is 12.4. The molecule has 0 amide bonds. The number of carbonyl (C=O) groups is 1. The zero-order valence-electron chi connectivity index (χ0n) is 9.44. The molecule has 0 saturated carbocycles. The number of hydrogen-bond acceptors (Lipinski definition) is 3. The van der Waals surface area contributed by atoms with E-state index >= 15 is 0 Å². The normalized spacial score (nSPS) is 23.6. The van der Waals surface area contributed by atoms with Crippen molar-refractivity contribution < 1.29 is 14.6 Å². The van der Waals surface area contributed by atoms with Gasteiger partial charge >= 0.3 is 5.97 Å². The lowest BCUT2D eigenvalue weighted by Gasteiger charge is -2.18. The number of halogens is 1. The highest BCUT2D eigenvalue weighted by molar-refractivity contribution is 6.30. The molecular weight excluding hydrogens is 242 g/mol. The Morgan fingerprint density at radius 2 is 2.29 bits per heavy atom. The first kappa shape index (κ1) is 12.2. The van der Waals surface area contributed by atoms with Gasteiger partial charge in [0.15, 0.2) is 0 Å². The van der Waals surface area contributed by atoms with Gasteiger partial charge in [-0.3, -0.25) is 4.79 Å². The van der Waals surface area contributed by atoms with Crippen LogP contribution >= 0.6 is 11.6 Å². The lowest BCUT2D eigenvalue weighted by Crippen LogP contribution is -2.21. The Kier molecular flexibility index (Phi) is 3.54. The van der Waals surface area contributed by atoms with Crippen LogP contribution in [0.15, 0.2) is 18.2 Å². The molecule has 0 spiro atoms. The quantitative estimate of drug-likeness (QED) is 0.864. The van der Waals surface area contributed by atoms with E-state index in [4.69, 9.17) is 21.4 Å². The summed E-state index contributed by atoms with van der Waals surface area (Å²) in [6.45, 7) is 1.14. The average Bonchev–Trinajstić information content (AvgIpc) is 2.77. The minimum absolute atomic E-state index is 0.0697. The largest absolute Gasteiger partial charge is 0.496 e. The molecule has 2 atom stereocenters. The fraction of sp³-hybridized carbons (Fsp3) is 0.417. The first-order valence-electron chi connectivity index (χ1n) is 5.40. The molecule has 1 aliphatic heterocycles. The zero-order valence-corrected chi connectivity index (χ0v) is 10.2. The van der Waals surface area contributed by atoms with Crippen LogP contribution in [0.5, 0.6) is 5.75 Å². The minimum Gasteiger partial charge on any atom is -0.496 e. The SMILES string of the molecule is COc1cc(Cl)ccc1C1CNCC1C(=O)O. The summed E-state index contributed by atoms with van der Waals surface area (Å²) in [6, 6.07) is 5.32. The summed E-state index contributed by atoms with van der Waals surface area (Å²) in [5, 5.41) is 12.8. The van der Waals surface area contributed by atoms with E-state index in [2.05, 4.69) is 5.32 Å². The van der Waals surface area contributed by atoms with Crippen molar-refractivity contribution >= 4 is 17.6 Å². The van der Waals surface area contributed by atoms with Crippen LogP contribution in [0.4, 0.5) is 0 Å². The summed E-state index contributed by atoms with van der Waals surface area (Å²) in [6.07, 6.45) is 0. The van der Waals surface area contributed by atoms with Crippen molar-refractivity contribution in [1.82, 2.24) is 5.32 Å². The van der Waals surface area contributed by atoms with Gasteiger partial charge in [0.05, 0.1) is 13.0 Å². The van der Waals surface area contributed by atoms with Crippen LogP contribution in [0.2, 0.25) is 5.02 Å². The molecule has 2 unspecified atom stereocenters. The molecule has 0 bridgehead atoms. The Bertz CT molecular complexity index is 436. The third kappa shape index (κ3) is 2.37. The summed E-state index contributed by atoms with van der Waals surface area (Å²) in [5.74, 6) is -0.612. The second-order valence-electron chi connectivity index (χ2n) is 4.10. The Hall–Kier alpha value is -1.26. The Morgan fingerprint density at radius 1 is 1.53 bits per heavy atom. The van der Waals surface area contributed by atoms with E-state index in [1.54, 1.807) is 19.2 Å². The molecule has 0 radical (unpaired) electrons. The smallest absolute Gasteiger partial charge is 0.308 e. The fourth-order valence-corrected chi connectivity index (χ4v) is 2.42. The van der Waals surface area contributed by atoms with Crippen molar-refractivity contribution in [1.29, 1.82) is 0 Å². The first-order chi connectivity index (χ1) is 8.13. The molecule has 17 heavy (non-hydrogen) atoms. The monoisotopic (exact) mass is 255 g/mol. The van der Waals surface area contributed by atoms with Crippen LogP contribution in [-0.4, -0.2) is 31.3 Å². The number of nitrogens with one attached hydrogen (secondary N) is 1. The van der Waals surface area contributed by atoms with Crippen LogP contribution in [0, 0.1) is 5.92 Å². The van der Waals surface area contributed by atoms with Crippen LogP contribution < -0.4 is 10.1 Å². The lowest BCUT2D eigenvalue weighted by atomic mass is 9.88. The maximum Gasteiger partial charge on any atom is 0.308 e. The van der Waals surface area contributed by atoms with Crippen LogP contribution in [-0.2, 0) is 4.79 Å². The van der Waals surface area contributed by atoms with Gasteiger partial charge in [-0.15, -0.1) is 0 Å². The fourth-order valence-electron chi connectivity index (χ4n) is 2.26. The molecule has 2 N–H and O–H groups in total. The molecule has 5 heteroatoms. The molecule has 0 aromatic heterocycles. The summed E-state index contributed by atoms with van der Waals surface area (Å²) in [5.41, 5.74) is 0.898. The van der Waals surface area contributed by atoms with Gasteiger partial charge in [0.25, 0.3) is 0 Å². The molecule has 4 nitrogen and oxygen atoms in total. The highest BCUT2D eigenvalue weighted by Crippen LogP contribution is 2.35. The third-order valence-corrected chi connectivity index (χ3v) is 3.36. The molecule has 92 valence electrons. The van der Waals surface area contributed by atoms with Crippen molar-refractivity contribution in [3.63, 3.8) is 0 Å². The number of ether oxygens (including phenoxy) is 1. The van der Waals surface area contributed by atoms with Crippen LogP contribution in [0.1, 0.15) is 11.5 Å². The van der Waals surface area contributed by atoms with Gasteiger partial charge in [-0.1, -0.05) is 17.7 Å². The Morgan fingerprint density at radius 3 is 2.94 bits per heavy atom. The van der Waals surface area contributed by atoms with Gasteiger partial charge in [0.1, 0.15) is 5.75 Å². The van der Waals surface area contributed by atoms with E-state index in [0.29, 0.717) is 23.9 Å². The van der Waals surface area contributed by atoms with Crippen molar-refractivity contribution in [3.05, 3.63) is 28.8 Å². The highest BCUT2D eigenvalue weighted by Gasteiger charge is 2.35. The standard InChI is InChI=1S/C12H14ClNO3/c1-17-11-4-7(13)2-3-8(11)9-5-14-6-10(9)12(15)16/h2-4,9-10,14H,5-6H2,1H3,(H,15,16). The molecule has 1 heterocycles. The number of carboxylic acid groups (broad SMARTS) is 1. The van der Waals surface area contributed by atoms with Crippen molar-refractivity contribution in [2.24, 2.45) is 5.92 Å². The third-order valence-electron chi connectivity index (χ3n) is 3.13. The van der Waals surface area contributed by atoms with E-state index in [1.807, 2.05) is 6.07 Å². The van der Waals surface area contributed by atoms with Gasteiger partial charge in [0.2, 0.25) is 0 Å². The van der Waals surface area contributed by atoms with Crippen LogP contribution in [0.25, 0.3) is 0 Å². The number of rotatable bonds is 3. The maximum atomic E-state index is 11.1. The highest BCUT2D eigenvalue weighted by atomic mass is 35.5. The number of aliphatic carboxylic acids is 1. The van der Waals surface area contributed by atoms with E-state index < -0.39 is 11.9 Å². The molecule has 1 aromatic rings. The average molecular weight is 256 g/mol. The maximum absolute atomic E-state index is 11.1. The second kappa shape index (κ2) is 4.94. The summed E-state index contributed by atoms with van der Waals surface area (Å²) >= 11 is 5.89. The molecule has 1 saturated heterocycles.